The van der Waals surface area contributed by atoms with Crippen LogP contribution in [0.2, 0.25) is 0 Å². The molecule has 0 saturated heterocycles. The third-order valence-electron chi connectivity index (χ3n) is 4.51. The summed E-state index contributed by atoms with van der Waals surface area (Å²) in [6, 6.07) is 7.55. The lowest BCUT2D eigenvalue weighted by molar-refractivity contribution is 0.0607. The number of anilines is 1. The summed E-state index contributed by atoms with van der Waals surface area (Å²) in [5.41, 5.74) is 1.40. The number of esters is 1. The number of pyridine rings is 1. The normalized spacial score (nSPS) is 11.2. The lowest BCUT2D eigenvalue weighted by atomic mass is 10.2. The summed E-state index contributed by atoms with van der Waals surface area (Å²) < 4.78 is 4.92. The Labute approximate surface area is 178 Å². The lowest BCUT2D eigenvalue weighted by Crippen LogP contribution is -2.19. The minimum Gasteiger partial charge on any atom is -0.465 e. The molecule has 29 heavy (non-hydrogen) atoms. The summed E-state index contributed by atoms with van der Waals surface area (Å²) in [6.45, 7) is 5.86. The molecule has 154 valence electrons. The van der Waals surface area contributed by atoms with Gasteiger partial charge in [0.25, 0.3) is 5.91 Å². The fraction of sp³-hybridized carbons (Fsp3) is 0.381. The number of carbonyl (C=O) groups excluding carboxylic acids is 2. The van der Waals surface area contributed by atoms with Gasteiger partial charge in [0.2, 0.25) is 0 Å². The van der Waals surface area contributed by atoms with Gasteiger partial charge in [0.1, 0.15) is 9.71 Å². The summed E-state index contributed by atoms with van der Waals surface area (Å²) in [4.78, 5) is 34.7. The van der Waals surface area contributed by atoms with E-state index < -0.39 is 5.97 Å². The number of hydrogen-bond donors (Lipinski definition) is 1. The zero-order chi connectivity index (χ0) is 21.0. The van der Waals surface area contributed by atoms with Gasteiger partial charge in [-0.1, -0.05) is 13.3 Å². The molecule has 0 fully saturated rings. The van der Waals surface area contributed by atoms with Gasteiger partial charge in [0.15, 0.2) is 0 Å². The third-order valence-corrected chi connectivity index (χ3v) is 6.59. The highest BCUT2D eigenvalue weighted by Crippen LogP contribution is 2.36. The summed E-state index contributed by atoms with van der Waals surface area (Å²) in [5.74, 6) is -0.719. The van der Waals surface area contributed by atoms with Crippen molar-refractivity contribution >= 4 is 50.5 Å². The molecular formula is C21H25N3O3S2. The average Bonchev–Trinajstić information content (AvgIpc) is 3.29. The molecule has 3 heterocycles. The van der Waals surface area contributed by atoms with Gasteiger partial charge in [-0.15, -0.1) is 22.7 Å². The number of amides is 1. The number of nitrogens with one attached hydrogen (secondary N) is 1. The van der Waals surface area contributed by atoms with Gasteiger partial charge in [-0.05, 0) is 51.2 Å². The zero-order valence-corrected chi connectivity index (χ0v) is 18.7. The highest BCUT2D eigenvalue weighted by atomic mass is 32.1. The molecule has 0 aromatic carbocycles. The van der Waals surface area contributed by atoms with Gasteiger partial charge in [0, 0.05) is 16.8 Å². The predicted octanol–water partition coefficient (Wildman–Crippen LogP) is 4.94. The van der Waals surface area contributed by atoms with Crippen LogP contribution in [0.4, 0.5) is 5.69 Å². The van der Waals surface area contributed by atoms with Crippen LogP contribution in [0.5, 0.6) is 0 Å². The van der Waals surface area contributed by atoms with Crippen LogP contribution in [0.1, 0.15) is 49.7 Å². The Morgan fingerprint density at radius 3 is 2.66 bits per heavy atom. The highest BCUT2D eigenvalue weighted by molar-refractivity contribution is 7.21. The van der Waals surface area contributed by atoms with Gasteiger partial charge in [-0.2, -0.15) is 0 Å². The van der Waals surface area contributed by atoms with E-state index in [-0.39, 0.29) is 5.91 Å². The Kier molecular flexibility index (Phi) is 7.00. The first-order valence-electron chi connectivity index (χ1n) is 9.50. The number of fused-ring (bicyclic) bond motifs is 1. The number of carbonyl (C=O) groups is 2. The van der Waals surface area contributed by atoms with Gasteiger partial charge in [0.05, 0.1) is 23.4 Å². The van der Waals surface area contributed by atoms with Crippen LogP contribution in [0, 0.1) is 6.92 Å². The highest BCUT2D eigenvalue weighted by Gasteiger charge is 2.23. The van der Waals surface area contributed by atoms with E-state index in [0.29, 0.717) is 20.3 Å². The molecule has 1 amide bonds. The van der Waals surface area contributed by atoms with Crippen LogP contribution in [-0.4, -0.2) is 42.5 Å². The van der Waals surface area contributed by atoms with Crippen LogP contribution in [0.25, 0.3) is 10.2 Å². The second-order valence-corrected chi connectivity index (χ2v) is 9.20. The van der Waals surface area contributed by atoms with Crippen molar-refractivity contribution in [2.75, 3.05) is 26.0 Å². The number of nitrogens with zero attached hydrogens (tertiary/aromatic N) is 2. The van der Waals surface area contributed by atoms with Crippen LogP contribution in [0.15, 0.2) is 24.3 Å². The molecule has 0 atom stereocenters. The second kappa shape index (κ2) is 9.47. The number of ether oxygens (including phenoxy) is 1. The maximum absolute atomic E-state index is 12.7. The number of thiophene rings is 2. The first kappa shape index (κ1) is 21.4. The molecule has 6 nitrogen and oxygen atoms in total. The number of aryl methyl sites for hydroxylation is 1. The molecule has 0 saturated carbocycles. The van der Waals surface area contributed by atoms with E-state index >= 15 is 0 Å². The zero-order valence-electron chi connectivity index (χ0n) is 17.1. The third kappa shape index (κ3) is 5.01. The number of hydrogen-bond acceptors (Lipinski definition) is 7. The largest absolute Gasteiger partial charge is 0.465 e. The summed E-state index contributed by atoms with van der Waals surface area (Å²) in [7, 11) is 3.41. The van der Waals surface area contributed by atoms with E-state index in [2.05, 4.69) is 24.2 Å². The molecule has 0 spiro atoms. The van der Waals surface area contributed by atoms with E-state index in [0.717, 1.165) is 41.9 Å². The molecule has 0 unspecified atom stereocenters. The molecule has 0 bridgehead atoms. The van der Waals surface area contributed by atoms with E-state index in [1.54, 1.807) is 6.07 Å². The Morgan fingerprint density at radius 2 is 2.00 bits per heavy atom. The van der Waals surface area contributed by atoms with Crippen LogP contribution in [0.3, 0.4) is 0 Å². The first-order chi connectivity index (χ1) is 13.9. The van der Waals surface area contributed by atoms with Crippen LogP contribution in [-0.2, 0) is 11.3 Å². The fourth-order valence-corrected chi connectivity index (χ4v) is 4.81. The van der Waals surface area contributed by atoms with Gasteiger partial charge >= 0.3 is 5.97 Å². The molecule has 0 aliphatic heterocycles. The topological polar surface area (TPSA) is 71.5 Å². The quantitative estimate of drug-likeness (QED) is 0.512. The molecule has 0 aliphatic carbocycles. The fourth-order valence-electron chi connectivity index (χ4n) is 2.98. The van der Waals surface area contributed by atoms with Gasteiger partial charge < -0.3 is 15.0 Å². The molecule has 0 aliphatic rings. The molecule has 1 N–H and O–H groups in total. The van der Waals surface area contributed by atoms with Crippen molar-refractivity contribution in [1.29, 1.82) is 0 Å². The standard InChI is InChI=1S/C21H25N3O3S2/c1-5-6-11-24(3)12-14-8-9-15-17(18(21(26)27-4)29-20(15)22-14)23-19(25)16-10-7-13(2)28-16/h7-10H,5-6,11-12H2,1-4H3,(H,23,25). The van der Waals surface area contributed by atoms with Crippen molar-refractivity contribution in [2.24, 2.45) is 0 Å². The molecular weight excluding hydrogens is 406 g/mol. The molecule has 3 aromatic rings. The Balaban J connectivity index is 1.92. The SMILES string of the molecule is CCCCN(C)Cc1ccc2c(NC(=O)c3ccc(C)s3)c(C(=O)OC)sc2n1. The first-order valence-corrected chi connectivity index (χ1v) is 11.1. The smallest absolute Gasteiger partial charge is 0.350 e. The minimum absolute atomic E-state index is 0.240. The lowest BCUT2D eigenvalue weighted by Gasteiger charge is -2.15. The minimum atomic E-state index is -0.479. The number of unbranched alkanes of at least 4 members (excludes halogenated alkanes) is 1. The number of methoxy groups -OCH3 is 1. The van der Waals surface area contributed by atoms with E-state index in [1.807, 2.05) is 25.1 Å². The Morgan fingerprint density at radius 1 is 1.21 bits per heavy atom. The number of aromatic nitrogens is 1. The summed E-state index contributed by atoms with van der Waals surface area (Å²) in [6.07, 6.45) is 2.29. The molecule has 3 rings (SSSR count). The maximum Gasteiger partial charge on any atom is 0.350 e. The summed E-state index contributed by atoms with van der Waals surface area (Å²) >= 11 is 2.66. The maximum atomic E-state index is 12.7. The Bertz CT molecular complexity index is 1030. The predicted molar refractivity (Wildman–Crippen MR) is 119 cm³/mol. The monoisotopic (exact) mass is 431 g/mol. The number of rotatable bonds is 8. The van der Waals surface area contributed by atoms with Crippen molar-refractivity contribution in [3.63, 3.8) is 0 Å². The van der Waals surface area contributed by atoms with Gasteiger partial charge in [-0.25, -0.2) is 9.78 Å². The second-order valence-electron chi connectivity index (χ2n) is 6.91. The summed E-state index contributed by atoms with van der Waals surface area (Å²) in [5, 5.41) is 3.64. The molecule has 0 radical (unpaired) electrons. The van der Waals surface area contributed by atoms with Crippen molar-refractivity contribution in [1.82, 2.24) is 9.88 Å². The van der Waals surface area contributed by atoms with Gasteiger partial charge in [-0.3, -0.25) is 4.79 Å². The van der Waals surface area contributed by atoms with Crippen molar-refractivity contribution < 1.29 is 14.3 Å². The van der Waals surface area contributed by atoms with E-state index in [1.165, 1.54) is 29.8 Å². The van der Waals surface area contributed by atoms with Crippen LogP contribution < -0.4 is 5.32 Å². The van der Waals surface area contributed by atoms with Crippen molar-refractivity contribution in [2.45, 2.75) is 33.2 Å². The van der Waals surface area contributed by atoms with Crippen molar-refractivity contribution in [3.05, 3.63) is 44.6 Å². The van der Waals surface area contributed by atoms with Crippen molar-refractivity contribution in [3.8, 4) is 0 Å². The van der Waals surface area contributed by atoms with Crippen LogP contribution >= 0.6 is 22.7 Å². The average molecular weight is 432 g/mol. The molecule has 3 aromatic heterocycles. The molecule has 8 heteroatoms. The van der Waals surface area contributed by atoms with E-state index in [9.17, 15) is 9.59 Å². The Hall–Kier alpha value is -2.29. The van der Waals surface area contributed by atoms with E-state index in [4.69, 9.17) is 9.72 Å².